The number of hydrogen-bond acceptors (Lipinski definition) is 5. The number of fused-ring (bicyclic) bond motifs is 1. The van der Waals surface area contributed by atoms with Gasteiger partial charge in [0.15, 0.2) is 5.76 Å². The maximum atomic E-state index is 13.3. The molecule has 8 heteroatoms. The maximum absolute atomic E-state index is 13.3. The Hall–Kier alpha value is -3.97. The molecule has 1 saturated heterocycles. The molecule has 5 rings (SSSR count). The first-order valence-corrected chi connectivity index (χ1v) is 10.7. The van der Waals surface area contributed by atoms with E-state index >= 15 is 0 Å². The number of aliphatic hydroxyl groups is 1. The molecule has 0 bridgehead atoms. The van der Waals surface area contributed by atoms with Crippen molar-refractivity contribution in [3.63, 3.8) is 0 Å². The van der Waals surface area contributed by atoms with Crippen LogP contribution in [0.4, 0.5) is 0 Å². The Morgan fingerprint density at radius 2 is 1.97 bits per heavy atom. The second-order valence-electron chi connectivity index (χ2n) is 7.82. The molecule has 4 heterocycles. The fourth-order valence-corrected chi connectivity index (χ4v) is 4.48. The highest BCUT2D eigenvalue weighted by Gasteiger charge is 2.46. The van der Waals surface area contributed by atoms with E-state index in [2.05, 4.69) is 9.97 Å². The number of pyridine rings is 2. The van der Waals surface area contributed by atoms with E-state index in [0.29, 0.717) is 27.6 Å². The molecule has 164 valence electrons. The predicted molar refractivity (Wildman–Crippen MR) is 123 cm³/mol. The molecule has 1 N–H and O–H groups in total. The van der Waals surface area contributed by atoms with Crippen molar-refractivity contribution in [3.8, 4) is 0 Å². The van der Waals surface area contributed by atoms with Gasteiger partial charge in [-0.3, -0.25) is 19.0 Å². The molecule has 1 atom stereocenters. The Labute approximate surface area is 194 Å². The van der Waals surface area contributed by atoms with Crippen LogP contribution in [0.15, 0.2) is 78.8 Å². The summed E-state index contributed by atoms with van der Waals surface area (Å²) in [4.78, 5) is 36.5. The Morgan fingerprint density at radius 1 is 1.12 bits per heavy atom. The number of aromatic nitrogens is 3. The first-order valence-electron chi connectivity index (χ1n) is 10.3. The van der Waals surface area contributed by atoms with Gasteiger partial charge in [0.25, 0.3) is 11.7 Å². The van der Waals surface area contributed by atoms with E-state index in [1.54, 1.807) is 72.4 Å². The van der Waals surface area contributed by atoms with Gasteiger partial charge in [0.2, 0.25) is 0 Å². The number of ketones is 1. The van der Waals surface area contributed by atoms with Gasteiger partial charge in [0.05, 0.1) is 17.3 Å². The highest BCUT2D eigenvalue weighted by atomic mass is 35.5. The van der Waals surface area contributed by atoms with E-state index in [0.717, 1.165) is 5.56 Å². The Bertz CT molecular complexity index is 1430. The normalized spacial score (nSPS) is 17.8. The van der Waals surface area contributed by atoms with Gasteiger partial charge in [0.1, 0.15) is 11.3 Å². The lowest BCUT2D eigenvalue weighted by Gasteiger charge is -2.25. The zero-order valence-corrected chi connectivity index (χ0v) is 18.4. The largest absolute Gasteiger partial charge is 0.505 e. The van der Waals surface area contributed by atoms with Crippen LogP contribution in [0.1, 0.15) is 28.6 Å². The first kappa shape index (κ1) is 20.9. The van der Waals surface area contributed by atoms with Crippen LogP contribution in [0.25, 0.3) is 11.4 Å². The molecule has 0 saturated carbocycles. The number of Topliss-reactive ketones (excluding diaryl/α,β-unsaturated/α-hetero) is 1. The standard InChI is InChI=1S/C25H19ClN4O3/c1-15-21(29-11-3-2-9-19(29)28-15)23(31)20-22(17-7-4-8-18(26)12-17)30(25(33)24(20)32)14-16-6-5-10-27-13-16/h2-13,22,31H,14H2,1H3/b23-20+. The van der Waals surface area contributed by atoms with Gasteiger partial charge in [-0.15, -0.1) is 0 Å². The van der Waals surface area contributed by atoms with Crippen molar-refractivity contribution < 1.29 is 14.7 Å². The van der Waals surface area contributed by atoms with Gasteiger partial charge in [-0.25, -0.2) is 4.98 Å². The molecular weight excluding hydrogens is 440 g/mol. The third-order valence-electron chi connectivity index (χ3n) is 5.71. The van der Waals surface area contributed by atoms with Gasteiger partial charge < -0.3 is 10.0 Å². The smallest absolute Gasteiger partial charge is 0.295 e. The summed E-state index contributed by atoms with van der Waals surface area (Å²) in [6, 6.07) is 15.2. The average molecular weight is 459 g/mol. The topological polar surface area (TPSA) is 87.8 Å². The van der Waals surface area contributed by atoms with Crippen LogP contribution in [0.3, 0.4) is 0 Å². The Balaban J connectivity index is 1.73. The summed E-state index contributed by atoms with van der Waals surface area (Å²) in [5, 5.41) is 11.9. The molecule has 1 fully saturated rings. The summed E-state index contributed by atoms with van der Waals surface area (Å²) < 4.78 is 1.70. The van der Waals surface area contributed by atoms with Gasteiger partial charge in [-0.05, 0) is 48.4 Å². The number of amides is 1. The van der Waals surface area contributed by atoms with Gasteiger partial charge >= 0.3 is 0 Å². The Morgan fingerprint density at radius 3 is 2.73 bits per heavy atom. The second-order valence-corrected chi connectivity index (χ2v) is 8.25. The molecule has 33 heavy (non-hydrogen) atoms. The van der Waals surface area contributed by atoms with Gasteiger partial charge in [-0.2, -0.15) is 0 Å². The number of aryl methyl sites for hydroxylation is 1. The lowest BCUT2D eigenvalue weighted by molar-refractivity contribution is -0.140. The first-order chi connectivity index (χ1) is 16.0. The minimum Gasteiger partial charge on any atom is -0.505 e. The fourth-order valence-electron chi connectivity index (χ4n) is 4.28. The minimum absolute atomic E-state index is 0.0000833. The van der Waals surface area contributed by atoms with E-state index < -0.39 is 17.7 Å². The van der Waals surface area contributed by atoms with E-state index in [1.165, 1.54) is 4.90 Å². The zero-order chi connectivity index (χ0) is 23.1. The fraction of sp³-hybridized carbons (Fsp3) is 0.120. The summed E-state index contributed by atoms with van der Waals surface area (Å²) in [6.45, 7) is 1.90. The molecule has 7 nitrogen and oxygen atoms in total. The van der Waals surface area contributed by atoms with E-state index in [-0.39, 0.29) is 17.9 Å². The third-order valence-corrected chi connectivity index (χ3v) is 5.94. The molecule has 1 aliphatic heterocycles. The highest BCUT2D eigenvalue weighted by Crippen LogP contribution is 2.41. The number of rotatable bonds is 4. The van der Waals surface area contributed by atoms with Crippen LogP contribution in [0.2, 0.25) is 5.02 Å². The minimum atomic E-state index is -0.822. The molecule has 1 amide bonds. The van der Waals surface area contributed by atoms with Crippen molar-refractivity contribution in [1.82, 2.24) is 19.3 Å². The van der Waals surface area contributed by atoms with Crippen LogP contribution in [-0.2, 0) is 16.1 Å². The van der Waals surface area contributed by atoms with E-state index in [9.17, 15) is 14.7 Å². The number of likely N-dealkylation sites (tertiary alicyclic amines) is 1. The summed E-state index contributed by atoms with van der Waals surface area (Å²) in [5.74, 6) is -1.73. The number of carbonyl (C=O) groups excluding carboxylic acids is 2. The van der Waals surface area contributed by atoms with Gasteiger partial charge in [0, 0.05) is 30.2 Å². The molecule has 0 aliphatic carbocycles. The summed E-state index contributed by atoms with van der Waals surface area (Å²) in [5.41, 5.74) is 2.93. The molecular formula is C25H19ClN4O3. The zero-order valence-electron chi connectivity index (χ0n) is 17.6. The molecule has 3 aromatic heterocycles. The average Bonchev–Trinajstić information content (AvgIpc) is 3.28. The number of aliphatic hydroxyl groups excluding tert-OH is 1. The van der Waals surface area contributed by atoms with Crippen molar-refractivity contribution in [2.75, 3.05) is 0 Å². The summed E-state index contributed by atoms with van der Waals surface area (Å²) in [7, 11) is 0. The van der Waals surface area contributed by atoms with E-state index in [4.69, 9.17) is 11.6 Å². The Kier molecular flexibility index (Phi) is 5.18. The number of hydrogen-bond donors (Lipinski definition) is 1. The van der Waals surface area contributed by atoms with Crippen LogP contribution in [0.5, 0.6) is 0 Å². The second kappa shape index (κ2) is 8.18. The maximum Gasteiger partial charge on any atom is 0.295 e. The van der Waals surface area contributed by atoms with Crippen molar-refractivity contribution in [2.24, 2.45) is 0 Å². The van der Waals surface area contributed by atoms with E-state index in [1.807, 2.05) is 12.1 Å². The van der Waals surface area contributed by atoms with Crippen molar-refractivity contribution in [3.05, 3.63) is 106 Å². The van der Waals surface area contributed by atoms with Crippen molar-refractivity contribution >= 4 is 34.7 Å². The molecule has 4 aromatic rings. The molecule has 0 radical (unpaired) electrons. The van der Waals surface area contributed by atoms with Crippen molar-refractivity contribution in [2.45, 2.75) is 19.5 Å². The van der Waals surface area contributed by atoms with Crippen molar-refractivity contribution in [1.29, 1.82) is 0 Å². The molecule has 1 aliphatic rings. The van der Waals surface area contributed by atoms with Crippen LogP contribution in [0, 0.1) is 6.92 Å². The molecule has 1 unspecified atom stereocenters. The number of benzene rings is 1. The van der Waals surface area contributed by atoms with Crippen LogP contribution < -0.4 is 0 Å². The lowest BCUT2D eigenvalue weighted by Crippen LogP contribution is -2.29. The molecule has 1 aromatic carbocycles. The lowest BCUT2D eigenvalue weighted by atomic mass is 9.96. The molecule has 0 spiro atoms. The van der Waals surface area contributed by atoms with Crippen LogP contribution >= 0.6 is 11.6 Å². The monoisotopic (exact) mass is 458 g/mol. The summed E-state index contributed by atoms with van der Waals surface area (Å²) >= 11 is 6.24. The number of imidazole rings is 1. The number of halogens is 1. The third kappa shape index (κ3) is 3.56. The number of carbonyl (C=O) groups is 2. The van der Waals surface area contributed by atoms with Crippen LogP contribution in [-0.4, -0.2) is 36.1 Å². The number of nitrogens with zero attached hydrogens (tertiary/aromatic N) is 4. The predicted octanol–water partition coefficient (Wildman–Crippen LogP) is 4.31. The summed E-state index contributed by atoms with van der Waals surface area (Å²) in [6.07, 6.45) is 5.03. The van der Waals surface area contributed by atoms with Gasteiger partial charge in [-0.1, -0.05) is 35.9 Å². The quantitative estimate of drug-likeness (QED) is 0.279. The SMILES string of the molecule is Cc1nc2ccccn2c1/C(O)=C1\C(=O)C(=O)N(Cc2cccnc2)C1c1cccc(Cl)c1. The highest BCUT2D eigenvalue weighted by molar-refractivity contribution is 6.46.